The molecule has 4 aromatic carbocycles. The summed E-state index contributed by atoms with van der Waals surface area (Å²) in [6.45, 7) is 0.501. The van der Waals surface area contributed by atoms with Gasteiger partial charge < -0.3 is 14.9 Å². The Balaban J connectivity index is 0. The highest BCUT2D eigenvalue weighted by Crippen LogP contribution is 2.17. The highest BCUT2D eigenvalue weighted by Gasteiger charge is 1.97. The number of rotatable bonds is 5. The molecule has 0 heterocycles. The molecule has 8 heteroatoms. The van der Waals surface area contributed by atoms with E-state index < -0.39 is 0 Å². The van der Waals surface area contributed by atoms with Gasteiger partial charge in [-0.05, 0) is 71.8 Å². The van der Waals surface area contributed by atoms with Crippen LogP contribution < -0.4 is 4.74 Å². The number of halogens is 4. The molecule has 0 amide bonds. The van der Waals surface area contributed by atoms with Crippen LogP contribution in [-0.4, -0.2) is 16.5 Å². The number of phenols is 2. The maximum absolute atomic E-state index is 10.5. The summed E-state index contributed by atoms with van der Waals surface area (Å²) in [5, 5.41) is 18.4. The smallest absolute Gasteiger partial charge is 0.150 e. The second-order valence-electron chi connectivity index (χ2n) is 6.88. The van der Waals surface area contributed by atoms with Crippen molar-refractivity contribution in [1.82, 2.24) is 0 Å². The van der Waals surface area contributed by atoms with Crippen molar-refractivity contribution in [3.63, 3.8) is 0 Å². The van der Waals surface area contributed by atoms with Crippen molar-refractivity contribution in [2.45, 2.75) is 19.4 Å². The van der Waals surface area contributed by atoms with Gasteiger partial charge in [-0.15, -0.1) is 0 Å². The van der Waals surface area contributed by atoms with Crippen LogP contribution in [0, 0.1) is 0 Å². The van der Waals surface area contributed by atoms with Gasteiger partial charge in [-0.3, -0.25) is 9.50 Å². The van der Waals surface area contributed by atoms with E-state index in [2.05, 4.69) is 47.8 Å². The monoisotopic (exact) mass is 687 g/mol. The Bertz CT molecular complexity index is 1110. The summed E-state index contributed by atoms with van der Waals surface area (Å²) in [5.41, 5.74) is 2.89. The molecule has 0 radical (unpaired) electrons. The van der Waals surface area contributed by atoms with Crippen LogP contribution in [0.5, 0.6) is 17.2 Å². The van der Waals surface area contributed by atoms with Crippen molar-refractivity contribution in [2.75, 3.05) is 0 Å². The van der Waals surface area contributed by atoms with Crippen molar-refractivity contribution < 1.29 is 25.9 Å². The first kappa shape index (κ1) is 33.3. The normalized spacial score (nSPS) is 9.08. The minimum Gasteiger partial charge on any atom is -0.508 e. The van der Waals surface area contributed by atoms with E-state index in [0.29, 0.717) is 23.7 Å². The fourth-order valence-electron chi connectivity index (χ4n) is 2.42. The van der Waals surface area contributed by atoms with Crippen molar-refractivity contribution in [3.05, 3.63) is 123 Å². The van der Waals surface area contributed by atoms with Gasteiger partial charge in [0.25, 0.3) is 0 Å². The number of carbonyl (C=O) groups excluding carboxylic acids is 1. The summed E-state index contributed by atoms with van der Waals surface area (Å²) in [5.74, 6) is 1.44. The third kappa shape index (κ3) is 13.4. The minimum atomic E-state index is 0. The van der Waals surface area contributed by atoms with Gasteiger partial charge in [0.05, 0.1) is 0 Å². The molecule has 194 valence electrons. The third-order valence-electron chi connectivity index (χ3n) is 4.25. The SMILES string of the molecule is C.F.O=Cc1ccc(COc2ccc(Br)cc2)cc1.Oc1ccc(Br)cc1.Oc1ccc(CBr)cc1.[2HH]. The first-order valence-corrected chi connectivity index (χ1v) is 12.8. The van der Waals surface area contributed by atoms with Gasteiger partial charge in [0.2, 0.25) is 0 Å². The Morgan fingerprint density at radius 1 is 0.694 bits per heavy atom. The van der Waals surface area contributed by atoms with Crippen LogP contribution in [0.15, 0.2) is 106 Å². The molecule has 0 unspecified atom stereocenters. The van der Waals surface area contributed by atoms with E-state index in [4.69, 9.17) is 14.9 Å². The summed E-state index contributed by atoms with van der Waals surface area (Å²) in [7, 11) is 0. The lowest BCUT2D eigenvalue weighted by atomic mass is 10.2. The lowest BCUT2D eigenvalue weighted by Gasteiger charge is -2.06. The molecule has 0 fully saturated rings. The Morgan fingerprint density at radius 3 is 1.53 bits per heavy atom. The molecule has 0 bridgehead atoms. The van der Waals surface area contributed by atoms with Gasteiger partial charge in [-0.1, -0.05) is 91.6 Å². The Morgan fingerprint density at radius 2 is 1.11 bits per heavy atom. The third-order valence-corrected chi connectivity index (χ3v) is 5.96. The summed E-state index contributed by atoms with van der Waals surface area (Å²) < 4.78 is 7.62. The number of aromatic hydroxyl groups is 2. The van der Waals surface area contributed by atoms with E-state index in [1.807, 2.05) is 48.5 Å². The lowest BCUT2D eigenvalue weighted by Crippen LogP contribution is -1.95. The van der Waals surface area contributed by atoms with Gasteiger partial charge in [-0.2, -0.15) is 0 Å². The van der Waals surface area contributed by atoms with Crippen LogP contribution in [0.2, 0.25) is 0 Å². The molecule has 0 spiro atoms. The molecule has 0 aliphatic rings. The number of hydrogen-bond donors (Lipinski definition) is 2. The van der Waals surface area contributed by atoms with E-state index in [-0.39, 0.29) is 13.6 Å². The molecule has 0 aromatic heterocycles. The highest BCUT2D eigenvalue weighted by atomic mass is 79.9. The minimum absolute atomic E-state index is 0. The average Bonchev–Trinajstić information content (AvgIpc) is 2.87. The summed E-state index contributed by atoms with van der Waals surface area (Å²) in [4.78, 5) is 10.5. The molecule has 4 nitrogen and oxygen atoms in total. The zero-order chi connectivity index (χ0) is 24.8. The second-order valence-corrected chi connectivity index (χ2v) is 9.27. The Hall–Kier alpha value is -2.68. The van der Waals surface area contributed by atoms with Crippen molar-refractivity contribution >= 4 is 54.1 Å². The lowest BCUT2D eigenvalue weighted by molar-refractivity contribution is 0.112. The van der Waals surface area contributed by atoms with E-state index >= 15 is 0 Å². The van der Waals surface area contributed by atoms with Gasteiger partial charge >= 0.3 is 0 Å². The zero-order valence-corrected chi connectivity index (χ0v) is 23.2. The molecule has 0 saturated carbocycles. The predicted octanol–water partition coefficient (Wildman–Crippen LogP) is 9.32. The van der Waals surface area contributed by atoms with Crippen molar-refractivity contribution in [2.24, 2.45) is 0 Å². The summed E-state index contributed by atoms with van der Waals surface area (Å²) in [6.07, 6.45) is 0.833. The highest BCUT2D eigenvalue weighted by molar-refractivity contribution is 9.10. The number of hydrogen-bond acceptors (Lipinski definition) is 4. The molecule has 2 N–H and O–H groups in total. The van der Waals surface area contributed by atoms with E-state index in [1.54, 1.807) is 48.5 Å². The number of carbonyl (C=O) groups is 1. The molecule has 4 aromatic rings. The molecule has 0 atom stereocenters. The molecule has 0 saturated heterocycles. The second kappa shape index (κ2) is 18.6. The molecular formula is C28H30Br3FO4. The molecule has 0 aliphatic heterocycles. The number of benzene rings is 4. The van der Waals surface area contributed by atoms with Gasteiger partial charge in [0.1, 0.15) is 30.1 Å². The van der Waals surface area contributed by atoms with Crippen molar-refractivity contribution in [3.8, 4) is 17.2 Å². The van der Waals surface area contributed by atoms with Gasteiger partial charge in [0, 0.05) is 21.3 Å². The summed E-state index contributed by atoms with van der Waals surface area (Å²) in [6, 6.07) is 29.0. The number of alkyl halides is 1. The number of aldehydes is 1. The quantitative estimate of drug-likeness (QED) is 0.162. The first-order valence-electron chi connectivity index (χ1n) is 10.1. The van der Waals surface area contributed by atoms with Crippen LogP contribution in [0.3, 0.4) is 0 Å². The van der Waals surface area contributed by atoms with Crippen LogP contribution >= 0.6 is 47.8 Å². The van der Waals surface area contributed by atoms with E-state index in [0.717, 1.165) is 31.9 Å². The molecular weight excluding hydrogens is 659 g/mol. The van der Waals surface area contributed by atoms with E-state index in [9.17, 15) is 4.79 Å². The van der Waals surface area contributed by atoms with Crippen molar-refractivity contribution in [1.29, 1.82) is 0 Å². The standard InChI is InChI=1S/C14H11BrO2.C7H7BrO.C6H5BrO.CH4.FH.H2/c15-13-5-7-14(8-6-13)17-10-12-3-1-11(9-16)2-4-12;8-5-6-1-3-7(9)4-2-6;7-5-1-3-6(8)4-2-5;;;/h1-9H,10H2;1-4,9H,5H2;1-4,8H;1H4;2*1H/i;;;;;1+1. The largest absolute Gasteiger partial charge is 0.508 e. The maximum atomic E-state index is 10.5. The van der Waals surface area contributed by atoms with Gasteiger partial charge in [0.15, 0.2) is 0 Å². The molecule has 0 aliphatic carbocycles. The van der Waals surface area contributed by atoms with Gasteiger partial charge in [-0.25, -0.2) is 0 Å². The Labute approximate surface area is 238 Å². The van der Waals surface area contributed by atoms with E-state index in [1.165, 1.54) is 5.56 Å². The molecule has 36 heavy (non-hydrogen) atoms. The number of phenolic OH excluding ortho intramolecular Hbond substituents is 2. The van der Waals surface area contributed by atoms with Crippen LogP contribution in [0.4, 0.5) is 4.70 Å². The fourth-order valence-corrected chi connectivity index (χ4v) is 3.32. The number of ether oxygens (including phenoxy) is 1. The van der Waals surface area contributed by atoms with Crippen LogP contribution in [0.25, 0.3) is 0 Å². The Kier molecular flexibility index (Phi) is 17.2. The zero-order valence-electron chi connectivity index (χ0n) is 18.5. The summed E-state index contributed by atoms with van der Waals surface area (Å²) >= 11 is 9.90. The molecule has 4 rings (SSSR count). The first-order chi connectivity index (χ1) is 16.4. The topological polar surface area (TPSA) is 66.8 Å². The maximum Gasteiger partial charge on any atom is 0.150 e. The van der Waals surface area contributed by atoms with Crippen LogP contribution in [-0.2, 0) is 11.9 Å². The predicted molar refractivity (Wildman–Crippen MR) is 158 cm³/mol. The average molecular weight is 690 g/mol. The van der Waals surface area contributed by atoms with Crippen LogP contribution in [0.1, 0.15) is 30.3 Å². The fraction of sp³-hybridized carbons (Fsp3) is 0.107.